The first-order valence-electron chi connectivity index (χ1n) is 6.57. The minimum atomic E-state index is 0.542. The van der Waals surface area contributed by atoms with E-state index < -0.39 is 0 Å². The molecular weight excluding hydrogens is 270 g/mol. The number of alkyl halides is 1. The molecule has 0 aliphatic heterocycles. The quantitative estimate of drug-likeness (QED) is 0.736. The van der Waals surface area contributed by atoms with E-state index in [-0.39, 0.29) is 0 Å². The second kappa shape index (κ2) is 5.55. The maximum Gasteiger partial charge on any atom is 0.203 e. The fourth-order valence-electron chi connectivity index (χ4n) is 2.31. The fourth-order valence-corrected chi connectivity index (χ4v) is 2.47. The van der Waals surface area contributed by atoms with Crippen molar-refractivity contribution in [3.63, 3.8) is 0 Å². The molecule has 0 unspecified atom stereocenters. The largest absolute Gasteiger partial charge is 0.352 e. The van der Waals surface area contributed by atoms with Crippen LogP contribution in [0.2, 0.25) is 0 Å². The number of nitrogens with one attached hydrogen (secondary N) is 1. The van der Waals surface area contributed by atoms with Crippen molar-refractivity contribution in [3.05, 3.63) is 59.7 Å². The Balaban J connectivity index is 1.81. The molecule has 2 aromatic carbocycles. The van der Waals surface area contributed by atoms with Gasteiger partial charge in [-0.3, -0.25) is 0 Å². The van der Waals surface area contributed by atoms with E-state index in [0.717, 1.165) is 29.1 Å². The van der Waals surface area contributed by atoms with Crippen molar-refractivity contribution >= 4 is 28.6 Å². The predicted octanol–water partition coefficient (Wildman–Crippen LogP) is 3.92. The van der Waals surface area contributed by atoms with Crippen LogP contribution in [0.3, 0.4) is 0 Å². The smallest absolute Gasteiger partial charge is 0.203 e. The second-order valence-corrected chi connectivity index (χ2v) is 5.06. The molecule has 3 rings (SSSR count). The van der Waals surface area contributed by atoms with Crippen LogP contribution in [-0.2, 0) is 19.5 Å². The third-order valence-corrected chi connectivity index (χ3v) is 3.69. The molecule has 0 fully saturated rings. The van der Waals surface area contributed by atoms with Crippen molar-refractivity contribution in [3.8, 4) is 0 Å². The summed E-state index contributed by atoms with van der Waals surface area (Å²) in [4.78, 5) is 4.60. The number of rotatable bonds is 4. The van der Waals surface area contributed by atoms with E-state index in [1.54, 1.807) is 0 Å². The van der Waals surface area contributed by atoms with E-state index in [0.29, 0.717) is 5.88 Å². The summed E-state index contributed by atoms with van der Waals surface area (Å²) in [6.45, 7) is 0.738. The second-order valence-electron chi connectivity index (χ2n) is 4.79. The average molecular weight is 286 g/mol. The maximum atomic E-state index is 5.86. The summed E-state index contributed by atoms with van der Waals surface area (Å²) in [5.74, 6) is 1.42. The van der Waals surface area contributed by atoms with E-state index in [4.69, 9.17) is 11.6 Å². The lowest BCUT2D eigenvalue weighted by Crippen LogP contribution is -2.05. The summed E-state index contributed by atoms with van der Waals surface area (Å²) in [5, 5.41) is 3.38. The Morgan fingerprint density at radius 2 is 1.90 bits per heavy atom. The molecule has 0 aliphatic carbocycles. The monoisotopic (exact) mass is 285 g/mol. The van der Waals surface area contributed by atoms with E-state index in [2.05, 4.69) is 33.1 Å². The van der Waals surface area contributed by atoms with E-state index >= 15 is 0 Å². The maximum absolute atomic E-state index is 5.86. The molecule has 1 aromatic heterocycles. The van der Waals surface area contributed by atoms with Crippen LogP contribution in [0.25, 0.3) is 11.0 Å². The van der Waals surface area contributed by atoms with Crippen LogP contribution in [0.4, 0.5) is 5.95 Å². The Morgan fingerprint density at radius 1 is 1.10 bits per heavy atom. The van der Waals surface area contributed by atoms with Gasteiger partial charge in [0.15, 0.2) is 0 Å². The van der Waals surface area contributed by atoms with Crippen LogP contribution in [0.15, 0.2) is 48.5 Å². The molecule has 0 bridgehead atoms. The van der Waals surface area contributed by atoms with Gasteiger partial charge in [0.25, 0.3) is 0 Å². The van der Waals surface area contributed by atoms with Gasteiger partial charge in [-0.1, -0.05) is 36.4 Å². The first-order chi connectivity index (χ1) is 9.78. The number of hydrogen-bond donors (Lipinski definition) is 1. The Bertz CT molecular complexity index is 733. The highest BCUT2D eigenvalue weighted by atomic mass is 35.5. The zero-order valence-corrected chi connectivity index (χ0v) is 12.1. The Labute approximate surface area is 123 Å². The summed E-state index contributed by atoms with van der Waals surface area (Å²) in [6, 6.07) is 16.4. The lowest BCUT2D eigenvalue weighted by molar-refractivity contribution is 0.927. The molecule has 0 spiro atoms. The number of fused-ring (bicyclic) bond motifs is 1. The number of para-hydroxylation sites is 2. The molecule has 0 amide bonds. The topological polar surface area (TPSA) is 29.9 Å². The molecular formula is C16H16ClN3. The minimum absolute atomic E-state index is 0.542. The van der Waals surface area contributed by atoms with Crippen LogP contribution in [0.1, 0.15) is 11.1 Å². The summed E-state index contributed by atoms with van der Waals surface area (Å²) >= 11 is 5.86. The standard InChI is InChI=1S/C16H16ClN3/c1-20-15-8-3-2-7-14(15)19-16(20)18-11-13-6-4-5-12(9-13)10-17/h2-9H,10-11H2,1H3,(H,18,19). The van der Waals surface area contributed by atoms with Gasteiger partial charge in [0.2, 0.25) is 5.95 Å². The molecule has 20 heavy (non-hydrogen) atoms. The van der Waals surface area contributed by atoms with Gasteiger partial charge < -0.3 is 9.88 Å². The van der Waals surface area contributed by atoms with Gasteiger partial charge in [0.05, 0.1) is 11.0 Å². The van der Waals surface area contributed by atoms with Crippen molar-refractivity contribution in [2.75, 3.05) is 5.32 Å². The molecule has 1 heterocycles. The Hall–Kier alpha value is -2.00. The van der Waals surface area contributed by atoms with Crippen LogP contribution in [0.5, 0.6) is 0 Å². The highest BCUT2D eigenvalue weighted by Crippen LogP contribution is 2.18. The molecule has 0 aliphatic rings. The van der Waals surface area contributed by atoms with Gasteiger partial charge in [0, 0.05) is 19.5 Å². The van der Waals surface area contributed by atoms with Crippen LogP contribution in [0, 0.1) is 0 Å². The van der Waals surface area contributed by atoms with Gasteiger partial charge >= 0.3 is 0 Å². The third-order valence-electron chi connectivity index (χ3n) is 3.38. The summed E-state index contributed by atoms with van der Waals surface area (Å²) < 4.78 is 2.07. The summed E-state index contributed by atoms with van der Waals surface area (Å²) in [5.41, 5.74) is 4.47. The zero-order chi connectivity index (χ0) is 13.9. The number of hydrogen-bond acceptors (Lipinski definition) is 2. The lowest BCUT2D eigenvalue weighted by Gasteiger charge is -2.07. The van der Waals surface area contributed by atoms with Gasteiger partial charge in [-0.05, 0) is 23.3 Å². The Morgan fingerprint density at radius 3 is 2.70 bits per heavy atom. The highest BCUT2D eigenvalue weighted by molar-refractivity contribution is 6.17. The molecule has 0 saturated heterocycles. The molecule has 0 radical (unpaired) electrons. The van der Waals surface area contributed by atoms with E-state index in [1.165, 1.54) is 5.56 Å². The number of imidazole rings is 1. The van der Waals surface area contributed by atoms with Crippen molar-refractivity contribution in [2.45, 2.75) is 12.4 Å². The van der Waals surface area contributed by atoms with Crippen molar-refractivity contribution in [2.24, 2.45) is 7.05 Å². The molecule has 0 saturated carbocycles. The van der Waals surface area contributed by atoms with Crippen molar-refractivity contribution < 1.29 is 0 Å². The highest BCUT2D eigenvalue weighted by Gasteiger charge is 2.06. The molecule has 102 valence electrons. The van der Waals surface area contributed by atoms with Gasteiger partial charge in [0.1, 0.15) is 0 Å². The molecule has 4 heteroatoms. The van der Waals surface area contributed by atoms with Gasteiger partial charge in [-0.2, -0.15) is 0 Å². The van der Waals surface area contributed by atoms with Crippen LogP contribution in [-0.4, -0.2) is 9.55 Å². The van der Waals surface area contributed by atoms with Crippen LogP contribution < -0.4 is 5.32 Å². The van der Waals surface area contributed by atoms with Crippen molar-refractivity contribution in [1.82, 2.24) is 9.55 Å². The summed E-state index contributed by atoms with van der Waals surface area (Å²) in [6.07, 6.45) is 0. The normalized spacial score (nSPS) is 10.9. The third kappa shape index (κ3) is 2.49. The van der Waals surface area contributed by atoms with Crippen LogP contribution >= 0.6 is 11.6 Å². The number of anilines is 1. The predicted molar refractivity (Wildman–Crippen MR) is 84.0 cm³/mol. The zero-order valence-electron chi connectivity index (χ0n) is 11.3. The first kappa shape index (κ1) is 13.0. The first-order valence-corrected chi connectivity index (χ1v) is 7.10. The molecule has 3 aromatic rings. The molecule has 1 N–H and O–H groups in total. The fraction of sp³-hybridized carbons (Fsp3) is 0.188. The average Bonchev–Trinajstić information content (AvgIpc) is 2.82. The minimum Gasteiger partial charge on any atom is -0.352 e. The number of aryl methyl sites for hydroxylation is 1. The van der Waals surface area contributed by atoms with Crippen molar-refractivity contribution in [1.29, 1.82) is 0 Å². The molecule has 0 atom stereocenters. The Kier molecular flexibility index (Phi) is 3.61. The lowest BCUT2D eigenvalue weighted by atomic mass is 10.1. The number of halogens is 1. The van der Waals surface area contributed by atoms with E-state index in [1.807, 2.05) is 37.4 Å². The van der Waals surface area contributed by atoms with Gasteiger partial charge in [-0.15, -0.1) is 11.6 Å². The van der Waals surface area contributed by atoms with Gasteiger partial charge in [-0.25, -0.2) is 4.98 Å². The SMILES string of the molecule is Cn1c(NCc2cccc(CCl)c2)nc2ccccc21. The molecule has 3 nitrogen and oxygen atoms in total. The number of benzene rings is 2. The number of nitrogens with zero attached hydrogens (tertiary/aromatic N) is 2. The van der Waals surface area contributed by atoms with E-state index in [9.17, 15) is 0 Å². The number of aromatic nitrogens is 2. The summed E-state index contributed by atoms with van der Waals surface area (Å²) in [7, 11) is 2.02.